The van der Waals surface area contributed by atoms with E-state index in [0.717, 1.165) is 45.2 Å². The van der Waals surface area contributed by atoms with Gasteiger partial charge in [0.25, 0.3) is 5.91 Å². The number of hydrogen-bond donors (Lipinski definition) is 1. The average molecular weight is 296 g/mol. The lowest BCUT2D eigenvalue weighted by atomic mass is 9.92. The van der Waals surface area contributed by atoms with Gasteiger partial charge in [0.15, 0.2) is 0 Å². The summed E-state index contributed by atoms with van der Waals surface area (Å²) in [6.07, 6.45) is 9.05. The van der Waals surface area contributed by atoms with Crippen LogP contribution in [0.15, 0.2) is 0 Å². The molecule has 1 saturated heterocycles. The largest absolute Gasteiger partial charge is 0.365 e. The third-order valence-electron chi connectivity index (χ3n) is 5.07. The Morgan fingerprint density at radius 1 is 1.24 bits per heavy atom. The van der Waals surface area contributed by atoms with E-state index in [9.17, 15) is 4.79 Å². The number of carbonyl (C=O) groups is 1. The van der Waals surface area contributed by atoms with E-state index in [4.69, 9.17) is 10.5 Å². The average Bonchev–Trinajstić information content (AvgIpc) is 2.53. The molecule has 21 heavy (non-hydrogen) atoms. The fraction of sp³-hybridized carbons (Fsp3) is 0.941. The number of likely N-dealkylation sites (tertiary alicyclic amines) is 1. The van der Waals surface area contributed by atoms with Crippen molar-refractivity contribution >= 4 is 5.91 Å². The monoisotopic (exact) mass is 296 g/mol. The lowest BCUT2D eigenvalue weighted by molar-refractivity contribution is -0.151. The van der Waals surface area contributed by atoms with Crippen LogP contribution in [-0.2, 0) is 9.53 Å². The number of hydrogen-bond acceptors (Lipinski definition) is 3. The first-order chi connectivity index (χ1) is 10.1. The highest BCUT2D eigenvalue weighted by Crippen LogP contribution is 2.24. The summed E-state index contributed by atoms with van der Waals surface area (Å²) in [5.74, 6) is 0.628. The van der Waals surface area contributed by atoms with Crippen LogP contribution in [0.3, 0.4) is 0 Å². The summed E-state index contributed by atoms with van der Waals surface area (Å²) in [4.78, 5) is 14.7. The SMILES string of the molecule is CCC(OC1CCCCC1)C(=O)N1CCCC(C(C)N)C1. The van der Waals surface area contributed by atoms with Gasteiger partial charge in [0.2, 0.25) is 0 Å². The van der Waals surface area contributed by atoms with Crippen molar-refractivity contribution in [3.05, 3.63) is 0 Å². The maximum atomic E-state index is 12.7. The Balaban J connectivity index is 1.89. The molecule has 0 radical (unpaired) electrons. The van der Waals surface area contributed by atoms with E-state index in [1.165, 1.54) is 19.3 Å². The van der Waals surface area contributed by atoms with Gasteiger partial charge in [-0.05, 0) is 44.9 Å². The maximum Gasteiger partial charge on any atom is 0.251 e. The number of nitrogens with two attached hydrogens (primary N) is 1. The van der Waals surface area contributed by atoms with Crippen LogP contribution in [0.1, 0.15) is 65.2 Å². The smallest absolute Gasteiger partial charge is 0.251 e. The van der Waals surface area contributed by atoms with Crippen LogP contribution < -0.4 is 5.73 Å². The summed E-state index contributed by atoms with van der Waals surface area (Å²) in [6, 6.07) is 0.167. The van der Waals surface area contributed by atoms with E-state index in [1.54, 1.807) is 0 Å². The van der Waals surface area contributed by atoms with E-state index in [1.807, 2.05) is 4.90 Å². The molecule has 1 amide bonds. The lowest BCUT2D eigenvalue weighted by Gasteiger charge is -2.37. The zero-order chi connectivity index (χ0) is 15.2. The fourth-order valence-corrected chi connectivity index (χ4v) is 3.61. The van der Waals surface area contributed by atoms with Gasteiger partial charge < -0.3 is 15.4 Å². The predicted molar refractivity (Wildman–Crippen MR) is 85.0 cm³/mol. The molecule has 2 N–H and O–H groups in total. The van der Waals surface area contributed by atoms with Gasteiger partial charge in [0, 0.05) is 19.1 Å². The van der Waals surface area contributed by atoms with E-state index in [2.05, 4.69) is 13.8 Å². The van der Waals surface area contributed by atoms with Crippen molar-refractivity contribution in [2.24, 2.45) is 11.7 Å². The number of ether oxygens (including phenoxy) is 1. The Kier molecular flexibility index (Phi) is 6.49. The molecule has 0 spiro atoms. The highest BCUT2D eigenvalue weighted by atomic mass is 16.5. The number of rotatable bonds is 5. The quantitative estimate of drug-likeness (QED) is 0.848. The molecule has 4 heteroatoms. The molecule has 1 saturated carbocycles. The molecule has 122 valence electrons. The van der Waals surface area contributed by atoms with Crippen molar-refractivity contribution in [3.8, 4) is 0 Å². The molecule has 0 aromatic carbocycles. The Morgan fingerprint density at radius 2 is 1.95 bits per heavy atom. The normalized spacial score (nSPS) is 27.4. The second kappa shape index (κ2) is 8.14. The van der Waals surface area contributed by atoms with E-state index in [-0.39, 0.29) is 18.1 Å². The second-order valence-electron chi connectivity index (χ2n) is 6.84. The summed E-state index contributed by atoms with van der Waals surface area (Å²) >= 11 is 0. The van der Waals surface area contributed by atoms with E-state index >= 15 is 0 Å². The highest BCUT2D eigenvalue weighted by molar-refractivity contribution is 5.81. The molecule has 2 fully saturated rings. The number of nitrogens with zero attached hydrogens (tertiary/aromatic N) is 1. The Hall–Kier alpha value is -0.610. The molecule has 0 bridgehead atoms. The molecule has 3 atom stereocenters. The molecule has 3 unspecified atom stereocenters. The molecule has 1 aliphatic carbocycles. The first-order valence-corrected chi connectivity index (χ1v) is 8.81. The number of carbonyl (C=O) groups excluding carboxylic acids is 1. The Bertz CT molecular complexity index is 327. The maximum absolute atomic E-state index is 12.7. The minimum Gasteiger partial charge on any atom is -0.365 e. The van der Waals surface area contributed by atoms with Crippen molar-refractivity contribution in [3.63, 3.8) is 0 Å². The minimum atomic E-state index is -0.250. The van der Waals surface area contributed by atoms with Gasteiger partial charge in [-0.2, -0.15) is 0 Å². The van der Waals surface area contributed by atoms with Crippen LogP contribution in [-0.4, -0.2) is 42.1 Å². The van der Waals surface area contributed by atoms with Crippen LogP contribution in [0.25, 0.3) is 0 Å². The van der Waals surface area contributed by atoms with Crippen LogP contribution in [0.5, 0.6) is 0 Å². The molecular weight excluding hydrogens is 264 g/mol. The van der Waals surface area contributed by atoms with Gasteiger partial charge in [0.1, 0.15) is 6.10 Å². The van der Waals surface area contributed by atoms with Gasteiger partial charge in [0.05, 0.1) is 6.10 Å². The summed E-state index contributed by atoms with van der Waals surface area (Å²) in [5, 5.41) is 0. The first kappa shape index (κ1) is 16.8. The van der Waals surface area contributed by atoms with E-state index in [0.29, 0.717) is 12.0 Å². The van der Waals surface area contributed by atoms with Gasteiger partial charge in [-0.1, -0.05) is 26.2 Å². The zero-order valence-corrected chi connectivity index (χ0v) is 13.7. The summed E-state index contributed by atoms with van der Waals surface area (Å²) in [6.45, 7) is 5.78. The zero-order valence-electron chi connectivity index (χ0n) is 13.7. The minimum absolute atomic E-state index is 0.167. The molecule has 1 aliphatic heterocycles. The Morgan fingerprint density at radius 3 is 2.57 bits per heavy atom. The van der Waals surface area contributed by atoms with E-state index < -0.39 is 0 Å². The van der Waals surface area contributed by atoms with Crippen LogP contribution in [0, 0.1) is 5.92 Å². The lowest BCUT2D eigenvalue weighted by Crippen LogP contribution is -2.49. The van der Waals surface area contributed by atoms with Crippen molar-refractivity contribution in [1.29, 1.82) is 0 Å². The van der Waals surface area contributed by atoms with Crippen molar-refractivity contribution in [1.82, 2.24) is 4.90 Å². The fourth-order valence-electron chi connectivity index (χ4n) is 3.61. The molecule has 2 rings (SSSR count). The molecular formula is C17H32N2O2. The number of piperidine rings is 1. The topological polar surface area (TPSA) is 55.6 Å². The second-order valence-corrected chi connectivity index (χ2v) is 6.84. The van der Waals surface area contributed by atoms with Gasteiger partial charge in [-0.25, -0.2) is 0 Å². The standard InChI is InChI=1S/C17H32N2O2/c1-3-16(21-15-9-5-4-6-10-15)17(20)19-11-7-8-14(12-19)13(2)18/h13-16H,3-12,18H2,1-2H3. The first-order valence-electron chi connectivity index (χ1n) is 8.81. The van der Waals surface area contributed by atoms with Gasteiger partial charge in [-0.15, -0.1) is 0 Å². The summed E-state index contributed by atoms with van der Waals surface area (Å²) < 4.78 is 6.13. The van der Waals surface area contributed by atoms with Crippen molar-refractivity contribution < 1.29 is 9.53 Å². The van der Waals surface area contributed by atoms with Gasteiger partial charge >= 0.3 is 0 Å². The third kappa shape index (κ3) is 4.68. The van der Waals surface area contributed by atoms with Crippen LogP contribution in [0.4, 0.5) is 0 Å². The highest BCUT2D eigenvalue weighted by Gasteiger charge is 2.31. The van der Waals surface area contributed by atoms with Crippen molar-refractivity contribution in [2.75, 3.05) is 13.1 Å². The summed E-state index contributed by atoms with van der Waals surface area (Å²) in [7, 11) is 0. The molecule has 0 aromatic heterocycles. The number of amides is 1. The van der Waals surface area contributed by atoms with Crippen molar-refractivity contribution in [2.45, 2.75) is 83.5 Å². The summed E-state index contributed by atoms with van der Waals surface area (Å²) in [5.41, 5.74) is 6.02. The van der Waals surface area contributed by atoms with Gasteiger partial charge in [-0.3, -0.25) is 4.79 Å². The van der Waals surface area contributed by atoms with Crippen LogP contribution in [0.2, 0.25) is 0 Å². The predicted octanol–water partition coefficient (Wildman–Crippen LogP) is 2.70. The molecule has 2 aliphatic rings. The third-order valence-corrected chi connectivity index (χ3v) is 5.07. The van der Waals surface area contributed by atoms with Crippen LogP contribution >= 0.6 is 0 Å². The molecule has 0 aromatic rings. The Labute approximate surface area is 129 Å². The molecule has 1 heterocycles. The molecule has 4 nitrogen and oxygen atoms in total.